The van der Waals surface area contributed by atoms with Crippen molar-refractivity contribution in [2.45, 2.75) is 95.3 Å². The first kappa shape index (κ1) is 54.7. The molecular weight excluding hydrogens is 810 g/mol. The summed E-state index contributed by atoms with van der Waals surface area (Å²) in [5.74, 6) is -0.309. The lowest BCUT2D eigenvalue weighted by atomic mass is 10.0. The van der Waals surface area contributed by atoms with Gasteiger partial charge in [0.25, 0.3) is 0 Å². The van der Waals surface area contributed by atoms with Gasteiger partial charge in [-0.1, -0.05) is 24.3 Å². The number of hydrogen-bond donors (Lipinski definition) is 5. The molecule has 2 rings (SSSR count). The molecule has 0 aromatic heterocycles. The van der Waals surface area contributed by atoms with Gasteiger partial charge in [-0.15, -0.1) is 0 Å². The van der Waals surface area contributed by atoms with Crippen molar-refractivity contribution in [3.63, 3.8) is 0 Å². The van der Waals surface area contributed by atoms with E-state index in [-0.39, 0.29) is 69.3 Å². The monoisotopic (exact) mass is 888 g/mol. The number of nitrogens with two attached hydrogens (primary N) is 1. The Balaban J connectivity index is 1.23. The van der Waals surface area contributed by atoms with Crippen molar-refractivity contribution in [3.05, 3.63) is 24.3 Å². The molecule has 19 nitrogen and oxygen atoms in total. The van der Waals surface area contributed by atoms with E-state index in [9.17, 15) is 19.2 Å². The molecule has 6 N–H and O–H groups in total. The number of amides is 4. The van der Waals surface area contributed by atoms with Crippen molar-refractivity contribution in [3.8, 4) is 0 Å². The van der Waals surface area contributed by atoms with Crippen LogP contribution in [0.5, 0.6) is 0 Å². The highest BCUT2D eigenvalue weighted by molar-refractivity contribution is 5.76. The fraction of sp³-hybridized carbons (Fsp3) is 0.814. The molecule has 0 aliphatic heterocycles. The Kier molecular flexibility index (Phi) is 35.6. The predicted molar refractivity (Wildman–Crippen MR) is 231 cm³/mol. The highest BCUT2D eigenvalue weighted by Gasteiger charge is 2.15. The van der Waals surface area contributed by atoms with Crippen LogP contribution in [0.25, 0.3) is 0 Å². The van der Waals surface area contributed by atoms with Crippen molar-refractivity contribution >= 4 is 24.0 Å². The van der Waals surface area contributed by atoms with E-state index in [2.05, 4.69) is 45.6 Å². The normalized spacial score (nSPS) is 18.2. The van der Waals surface area contributed by atoms with Crippen LogP contribution < -0.4 is 27.0 Å². The van der Waals surface area contributed by atoms with Crippen molar-refractivity contribution in [1.29, 1.82) is 0 Å². The minimum atomic E-state index is -0.402. The molecule has 4 amide bonds. The molecule has 2 aliphatic carbocycles. The number of ether oxygens (including phenoxy) is 10. The molecule has 0 radical (unpaired) electrons. The molecule has 0 aromatic carbocycles. The first-order valence-electron chi connectivity index (χ1n) is 22.5. The molecule has 2 aliphatic rings. The predicted octanol–water partition coefficient (Wildman–Crippen LogP) is 2.69. The Morgan fingerprint density at radius 3 is 1.16 bits per heavy atom. The van der Waals surface area contributed by atoms with Gasteiger partial charge in [-0.25, -0.2) is 9.59 Å². The van der Waals surface area contributed by atoms with Gasteiger partial charge < -0.3 is 74.4 Å². The molecule has 358 valence electrons. The second-order valence-corrected chi connectivity index (χ2v) is 14.7. The molecule has 2 unspecified atom stereocenters. The minimum absolute atomic E-state index is 0.0324. The second kappa shape index (κ2) is 40.4. The summed E-state index contributed by atoms with van der Waals surface area (Å²) in [7, 11) is 0. The van der Waals surface area contributed by atoms with Gasteiger partial charge in [0.2, 0.25) is 11.8 Å². The maximum absolute atomic E-state index is 12.0. The Hall–Kier alpha value is -3.40. The SMILES string of the molecule is NC(COCCC(=O)NCCOCCOCCOCCNC(=O)OC1CC/C=C/CCC1)COCCC(=O)NCCOCCOCCOCCNC(=O)OC1CC/C=C/CCC1. The van der Waals surface area contributed by atoms with Gasteiger partial charge in [-0.3, -0.25) is 9.59 Å². The third-order valence-corrected chi connectivity index (χ3v) is 9.25. The zero-order valence-electron chi connectivity index (χ0n) is 37.0. The first-order valence-corrected chi connectivity index (χ1v) is 22.5. The van der Waals surface area contributed by atoms with Crippen molar-refractivity contribution in [2.24, 2.45) is 5.73 Å². The summed E-state index contributed by atoms with van der Waals surface area (Å²) in [6.07, 6.45) is 17.6. The topological polar surface area (TPSA) is 235 Å². The zero-order chi connectivity index (χ0) is 44.4. The van der Waals surface area contributed by atoms with Crippen LogP contribution in [0.4, 0.5) is 9.59 Å². The van der Waals surface area contributed by atoms with E-state index in [0.717, 1.165) is 64.2 Å². The number of alkyl carbamates (subject to hydrolysis) is 2. The van der Waals surface area contributed by atoms with E-state index in [1.807, 2.05) is 0 Å². The van der Waals surface area contributed by atoms with Crippen LogP contribution in [0.2, 0.25) is 0 Å². The maximum Gasteiger partial charge on any atom is 0.407 e. The molecule has 0 bridgehead atoms. The lowest BCUT2D eigenvalue weighted by Gasteiger charge is -2.18. The van der Waals surface area contributed by atoms with Gasteiger partial charge in [0.15, 0.2) is 0 Å². The van der Waals surface area contributed by atoms with E-state index in [0.29, 0.717) is 105 Å². The molecule has 2 atom stereocenters. The average Bonchev–Trinajstić information content (AvgIpc) is 3.23. The fourth-order valence-electron chi connectivity index (χ4n) is 5.96. The van der Waals surface area contributed by atoms with Gasteiger partial charge >= 0.3 is 12.2 Å². The summed E-state index contributed by atoms with van der Waals surface area (Å²) >= 11 is 0. The Labute approximate surface area is 368 Å². The molecule has 62 heavy (non-hydrogen) atoms. The maximum atomic E-state index is 12.0. The van der Waals surface area contributed by atoms with Gasteiger partial charge in [0.05, 0.1) is 112 Å². The summed E-state index contributed by atoms with van der Waals surface area (Å²) in [5, 5.41) is 11.0. The lowest BCUT2D eigenvalue weighted by Crippen LogP contribution is -2.33. The van der Waals surface area contributed by atoms with E-state index in [1.54, 1.807) is 0 Å². The smallest absolute Gasteiger partial charge is 0.407 e. The number of rotatable bonds is 36. The largest absolute Gasteiger partial charge is 0.446 e. The summed E-state index contributed by atoms with van der Waals surface area (Å²) in [4.78, 5) is 47.9. The van der Waals surface area contributed by atoms with Crippen LogP contribution in [0.1, 0.15) is 77.0 Å². The van der Waals surface area contributed by atoms with Gasteiger partial charge in [-0.05, 0) is 64.2 Å². The van der Waals surface area contributed by atoms with Crippen LogP contribution in [0.15, 0.2) is 24.3 Å². The van der Waals surface area contributed by atoms with Gasteiger partial charge in [-0.2, -0.15) is 0 Å². The first-order chi connectivity index (χ1) is 30.4. The van der Waals surface area contributed by atoms with Crippen molar-refractivity contribution in [1.82, 2.24) is 21.3 Å². The van der Waals surface area contributed by atoms with Crippen LogP contribution in [-0.2, 0) is 57.0 Å². The average molecular weight is 888 g/mol. The van der Waals surface area contributed by atoms with E-state index < -0.39 is 12.2 Å². The summed E-state index contributed by atoms with van der Waals surface area (Å²) in [5.41, 5.74) is 6.01. The second-order valence-electron chi connectivity index (χ2n) is 14.7. The van der Waals surface area contributed by atoms with Crippen molar-refractivity contribution < 1.29 is 66.5 Å². The van der Waals surface area contributed by atoms with E-state index >= 15 is 0 Å². The number of allylic oxidation sites excluding steroid dienone is 4. The zero-order valence-corrected chi connectivity index (χ0v) is 37.0. The quantitative estimate of drug-likeness (QED) is 0.0450. The number of nitrogens with one attached hydrogen (secondary N) is 4. The summed E-state index contributed by atoms with van der Waals surface area (Å²) < 4.78 is 54.8. The fourth-order valence-corrected chi connectivity index (χ4v) is 5.96. The van der Waals surface area contributed by atoms with Gasteiger partial charge in [0, 0.05) is 39.0 Å². The number of carbonyl (C=O) groups is 4. The Morgan fingerprint density at radius 2 is 0.774 bits per heavy atom. The summed E-state index contributed by atoms with van der Waals surface area (Å²) in [6.45, 7) is 7.02. The Bertz CT molecular complexity index is 1110. The molecule has 19 heteroatoms. The molecular formula is C43H77N5O14. The molecule has 0 saturated heterocycles. The van der Waals surface area contributed by atoms with Crippen molar-refractivity contribution in [2.75, 3.05) is 132 Å². The van der Waals surface area contributed by atoms with Crippen LogP contribution in [0, 0.1) is 0 Å². The standard InChI is InChI=1S/C43H77N5O14/c44-37(35-59-21-15-40(49)45-17-23-53-27-31-57-33-29-55-25-19-47-42(51)61-38-11-7-3-1-4-8-12-38)36-60-22-16-41(50)46-18-24-54-28-32-58-34-30-56-26-20-48-43(52)62-39-13-9-5-2-6-10-14-39/h1-3,5,37-39H,4,6-36,44H2,(H,45,49)(H,46,50)(H,47,51)(H,48,52)/b3-1+,5-2+. The summed E-state index contributed by atoms with van der Waals surface area (Å²) in [6, 6.07) is -0.386. The van der Waals surface area contributed by atoms with Gasteiger partial charge in [0.1, 0.15) is 12.2 Å². The van der Waals surface area contributed by atoms with Crippen LogP contribution >= 0.6 is 0 Å². The molecule has 0 fully saturated rings. The lowest BCUT2D eigenvalue weighted by molar-refractivity contribution is -0.123. The Morgan fingerprint density at radius 1 is 0.435 bits per heavy atom. The molecule has 0 heterocycles. The number of hydrogen-bond acceptors (Lipinski definition) is 15. The minimum Gasteiger partial charge on any atom is -0.446 e. The molecule has 0 spiro atoms. The van der Waals surface area contributed by atoms with E-state index in [1.165, 1.54) is 0 Å². The third kappa shape index (κ3) is 35.1. The van der Waals surface area contributed by atoms with Crippen LogP contribution in [-0.4, -0.2) is 174 Å². The highest BCUT2D eigenvalue weighted by Crippen LogP contribution is 2.16. The third-order valence-electron chi connectivity index (χ3n) is 9.25. The molecule has 0 saturated carbocycles. The van der Waals surface area contributed by atoms with E-state index in [4.69, 9.17) is 53.1 Å². The number of carbonyl (C=O) groups excluding carboxylic acids is 4. The molecule has 0 aromatic rings. The van der Waals surface area contributed by atoms with Crippen LogP contribution in [0.3, 0.4) is 0 Å². The highest BCUT2D eigenvalue weighted by atomic mass is 16.6.